The van der Waals surface area contributed by atoms with E-state index in [1.165, 1.54) is 136 Å². The number of hydrogen-bond donors (Lipinski definition) is 0. The van der Waals surface area contributed by atoms with Gasteiger partial charge in [0.25, 0.3) is 0 Å². The van der Waals surface area contributed by atoms with Crippen LogP contribution >= 0.6 is 0 Å². The molecule has 15 rings (SSSR count). The van der Waals surface area contributed by atoms with E-state index in [4.69, 9.17) is 0 Å². The quantitative estimate of drug-likeness (QED) is 0.157. The maximum absolute atomic E-state index is 2.39. The third-order valence-electron chi connectivity index (χ3n) is 14.2. The first kappa shape index (κ1) is 36.0. The number of nitrogens with zero attached hydrogens (tertiary/aromatic N) is 1. The fraction of sp³-hybridized carbons (Fsp3) is 0. The van der Waals surface area contributed by atoms with E-state index in [1.54, 1.807) is 0 Å². The number of hydrogen-bond acceptors (Lipinski definition) is 0. The summed E-state index contributed by atoms with van der Waals surface area (Å²) in [6.07, 6.45) is 0. The fourth-order valence-corrected chi connectivity index (χ4v) is 11.2. The van der Waals surface area contributed by atoms with Gasteiger partial charge < -0.3 is 4.57 Å². The zero-order chi connectivity index (χ0) is 42.6. The summed E-state index contributed by atoms with van der Waals surface area (Å²) in [6.45, 7) is 0. The predicted octanol–water partition coefficient (Wildman–Crippen LogP) is 17.9. The van der Waals surface area contributed by atoms with Crippen molar-refractivity contribution in [3.63, 3.8) is 0 Å². The number of aromatic nitrogens is 1. The maximum atomic E-state index is 2.39. The molecule has 0 amide bonds. The molecule has 65 heavy (non-hydrogen) atoms. The summed E-state index contributed by atoms with van der Waals surface area (Å²) < 4.78 is 2.39. The summed E-state index contributed by atoms with van der Waals surface area (Å²) in [4.78, 5) is 0. The minimum absolute atomic E-state index is 1.17. The molecule has 0 aliphatic heterocycles. The molecule has 0 saturated heterocycles. The van der Waals surface area contributed by atoms with Crippen LogP contribution in [-0.4, -0.2) is 4.57 Å². The minimum Gasteiger partial charge on any atom is -0.309 e. The average Bonchev–Trinajstić information content (AvgIpc) is 3.72. The molecule has 1 nitrogen and oxygen atoms in total. The molecule has 0 aliphatic rings. The molecule has 0 fully saturated rings. The monoisotopic (exact) mass is 821 g/mol. The van der Waals surface area contributed by atoms with Crippen molar-refractivity contribution in [3.05, 3.63) is 237 Å². The maximum Gasteiger partial charge on any atom is 0.0541 e. The molecule has 1 aromatic heterocycles. The molecule has 15 aromatic rings. The second-order valence-electron chi connectivity index (χ2n) is 17.5. The standard InChI is InChI=1S/C50H29N.C14H10/c1-3-10-45-40(8-1)41-9-2-4-11-46(41)51(45)36-22-14-30(15-23-36)37-24-16-34-21-29-44-39(26-18-35-20-27-42(37)49(34)50(35)44)38-25-17-33-13-12-31-6-5-7-32-19-28-43(38)48(33)47(31)32;1-3-7-13-11(5-1)9-10-12-6-2-4-8-14(12)13/h1-29H;1-10H. The summed E-state index contributed by atoms with van der Waals surface area (Å²) in [7, 11) is 0. The Morgan fingerprint density at radius 3 is 1.08 bits per heavy atom. The van der Waals surface area contributed by atoms with Crippen LogP contribution in [0, 0.1) is 0 Å². The molecule has 14 aromatic carbocycles. The van der Waals surface area contributed by atoms with E-state index in [0.717, 1.165) is 0 Å². The Morgan fingerprint density at radius 1 is 0.200 bits per heavy atom. The Labute approximate surface area is 375 Å². The van der Waals surface area contributed by atoms with Gasteiger partial charge in [0, 0.05) is 16.5 Å². The van der Waals surface area contributed by atoms with Crippen LogP contribution in [0.15, 0.2) is 237 Å². The molecule has 0 atom stereocenters. The number of benzene rings is 14. The van der Waals surface area contributed by atoms with Gasteiger partial charge in [-0.1, -0.05) is 212 Å². The molecule has 0 aliphatic carbocycles. The summed E-state index contributed by atoms with van der Waals surface area (Å²) >= 11 is 0. The van der Waals surface area contributed by atoms with Gasteiger partial charge in [-0.15, -0.1) is 0 Å². The Kier molecular flexibility index (Phi) is 7.75. The highest BCUT2D eigenvalue weighted by Crippen LogP contribution is 2.46. The van der Waals surface area contributed by atoms with Crippen molar-refractivity contribution in [2.75, 3.05) is 0 Å². The van der Waals surface area contributed by atoms with Crippen LogP contribution < -0.4 is 0 Å². The van der Waals surface area contributed by atoms with Gasteiger partial charge in [-0.25, -0.2) is 0 Å². The minimum atomic E-state index is 1.17. The van der Waals surface area contributed by atoms with Gasteiger partial charge >= 0.3 is 0 Å². The van der Waals surface area contributed by atoms with Crippen LogP contribution in [0.4, 0.5) is 0 Å². The normalized spacial score (nSPS) is 12.0. The molecular weight excluding hydrogens is 783 g/mol. The lowest BCUT2D eigenvalue weighted by molar-refractivity contribution is 1.18. The van der Waals surface area contributed by atoms with Crippen molar-refractivity contribution in [1.82, 2.24) is 4.57 Å². The van der Waals surface area contributed by atoms with Gasteiger partial charge in [-0.2, -0.15) is 0 Å². The highest BCUT2D eigenvalue weighted by molar-refractivity contribution is 6.30. The van der Waals surface area contributed by atoms with Crippen molar-refractivity contribution in [2.45, 2.75) is 0 Å². The van der Waals surface area contributed by atoms with E-state index in [9.17, 15) is 0 Å². The first-order valence-electron chi connectivity index (χ1n) is 22.6. The molecule has 0 bridgehead atoms. The molecule has 0 radical (unpaired) electrons. The summed E-state index contributed by atoms with van der Waals surface area (Å²) in [5.74, 6) is 0. The highest BCUT2D eigenvalue weighted by Gasteiger charge is 2.18. The Bertz CT molecular complexity index is 4220. The van der Waals surface area contributed by atoms with E-state index in [-0.39, 0.29) is 0 Å². The van der Waals surface area contributed by atoms with Crippen molar-refractivity contribution < 1.29 is 0 Å². The van der Waals surface area contributed by atoms with Crippen LogP contribution in [0.1, 0.15) is 0 Å². The Morgan fingerprint density at radius 2 is 0.554 bits per heavy atom. The van der Waals surface area contributed by atoms with Crippen LogP contribution in [0.25, 0.3) is 136 Å². The van der Waals surface area contributed by atoms with Gasteiger partial charge in [0.1, 0.15) is 0 Å². The van der Waals surface area contributed by atoms with Gasteiger partial charge in [0.05, 0.1) is 11.0 Å². The van der Waals surface area contributed by atoms with E-state index >= 15 is 0 Å². The van der Waals surface area contributed by atoms with Crippen molar-refractivity contribution in [1.29, 1.82) is 0 Å². The van der Waals surface area contributed by atoms with Crippen molar-refractivity contribution >= 4 is 108 Å². The van der Waals surface area contributed by atoms with E-state index in [2.05, 4.69) is 241 Å². The van der Waals surface area contributed by atoms with Gasteiger partial charge in [-0.3, -0.25) is 0 Å². The van der Waals surface area contributed by atoms with Crippen molar-refractivity contribution in [2.24, 2.45) is 0 Å². The second-order valence-corrected chi connectivity index (χ2v) is 17.5. The lowest BCUT2D eigenvalue weighted by atomic mass is 9.85. The molecule has 0 saturated carbocycles. The van der Waals surface area contributed by atoms with Crippen LogP contribution in [0.2, 0.25) is 0 Å². The van der Waals surface area contributed by atoms with Gasteiger partial charge in [-0.05, 0) is 133 Å². The third-order valence-corrected chi connectivity index (χ3v) is 14.2. The highest BCUT2D eigenvalue weighted by atomic mass is 15.0. The third kappa shape index (κ3) is 5.40. The van der Waals surface area contributed by atoms with Crippen molar-refractivity contribution in [3.8, 4) is 27.9 Å². The molecule has 0 spiro atoms. The zero-order valence-electron chi connectivity index (χ0n) is 35.5. The first-order chi connectivity index (χ1) is 32.2. The van der Waals surface area contributed by atoms with E-state index in [0.29, 0.717) is 0 Å². The fourth-order valence-electron chi connectivity index (χ4n) is 11.2. The van der Waals surface area contributed by atoms with Crippen LogP contribution in [0.5, 0.6) is 0 Å². The number of para-hydroxylation sites is 2. The smallest absolute Gasteiger partial charge is 0.0541 e. The Hall–Kier alpha value is -8.52. The van der Waals surface area contributed by atoms with E-state index < -0.39 is 0 Å². The summed E-state index contributed by atoms with van der Waals surface area (Å²) in [5.41, 5.74) is 8.70. The molecule has 0 N–H and O–H groups in total. The first-order valence-corrected chi connectivity index (χ1v) is 22.6. The van der Waals surface area contributed by atoms with Gasteiger partial charge in [0.2, 0.25) is 0 Å². The average molecular weight is 822 g/mol. The molecule has 0 unspecified atom stereocenters. The predicted molar refractivity (Wildman–Crippen MR) is 281 cm³/mol. The lowest BCUT2D eigenvalue weighted by Crippen LogP contribution is -1.94. The molecule has 1 heterocycles. The van der Waals surface area contributed by atoms with Gasteiger partial charge in [0.15, 0.2) is 0 Å². The van der Waals surface area contributed by atoms with Crippen LogP contribution in [-0.2, 0) is 0 Å². The van der Waals surface area contributed by atoms with Crippen LogP contribution in [0.3, 0.4) is 0 Å². The zero-order valence-corrected chi connectivity index (χ0v) is 35.5. The van der Waals surface area contributed by atoms with E-state index in [1.807, 2.05) is 0 Å². The Balaban J connectivity index is 0.000000247. The number of fused-ring (bicyclic) bond motifs is 6. The second kappa shape index (κ2) is 14.0. The summed E-state index contributed by atoms with van der Waals surface area (Å²) in [6, 6.07) is 86.9. The number of rotatable bonds is 3. The lowest BCUT2D eigenvalue weighted by Gasteiger charge is -2.18. The molecular formula is C64H39N. The molecule has 300 valence electrons. The molecule has 1 heteroatoms. The SMILES string of the molecule is c1cc2ccc3ccc(-c4ccc5ccc6c(-c7ccc(-n8c9ccccc9c9ccccc98)cc7)ccc7ccc4c5c76)c4ccc(c1)c2c34.c1ccc2c(c1)ccc1ccccc12. The summed E-state index contributed by atoms with van der Waals surface area (Å²) in [5, 5.41) is 23.6. The largest absolute Gasteiger partial charge is 0.309 e. The topological polar surface area (TPSA) is 4.93 Å².